The molecule has 0 unspecified atom stereocenters. The van der Waals surface area contributed by atoms with Crippen LogP contribution < -0.4 is 70.2 Å². The molecule has 0 aliphatic carbocycles. The topological polar surface area (TPSA) is 17.1 Å². The monoisotopic (exact) mass is 142 g/mol. The second-order valence-electron chi connectivity index (χ2n) is 0.283. The van der Waals surface area contributed by atoms with Crippen LogP contribution >= 0.6 is 25.3 Å². The number of carbonyl (C=O) groups excluding carboxylic acids is 1. The predicted molar refractivity (Wildman–Crippen MR) is 25.6 cm³/mol. The van der Waals surface area contributed by atoms with Crippen LogP contribution in [-0.2, 0) is 0 Å². The van der Waals surface area contributed by atoms with E-state index >= 15 is 0 Å². The maximum atomic E-state index is 9.17. The molecule has 0 saturated heterocycles. The third kappa shape index (κ3) is 30.6. The van der Waals surface area contributed by atoms with E-state index in [2.05, 4.69) is 25.3 Å². The minimum Gasteiger partial charge on any atom is -1.00 e. The van der Waals surface area contributed by atoms with Crippen molar-refractivity contribution in [3.63, 3.8) is 0 Å². The zero-order chi connectivity index (χ0) is 3.58. The summed E-state index contributed by atoms with van der Waals surface area (Å²) < 4.78 is -0.444. The summed E-state index contributed by atoms with van der Waals surface area (Å²) in [6.07, 6.45) is 0. The Bertz CT molecular complexity index is 43.0. The van der Waals surface area contributed by atoms with Crippen molar-refractivity contribution in [3.05, 3.63) is 0 Å². The summed E-state index contributed by atoms with van der Waals surface area (Å²) >= 11 is 6.38. The van der Waals surface area contributed by atoms with Gasteiger partial charge in [-0.3, -0.25) is 4.79 Å². The van der Waals surface area contributed by atoms with Crippen LogP contribution in [0.25, 0.3) is 0 Å². The molecule has 0 atom stereocenters. The van der Waals surface area contributed by atoms with Gasteiger partial charge in [0.25, 0.3) is 0 Å². The van der Waals surface area contributed by atoms with Crippen molar-refractivity contribution < 1.29 is 77.9 Å². The molecule has 0 aromatic heterocycles. The van der Waals surface area contributed by atoms with Gasteiger partial charge in [0.2, 0.25) is 4.45 Å². The minimum absolute atomic E-state index is 0. The Labute approximate surface area is 105 Å². The van der Waals surface area contributed by atoms with E-state index in [0.717, 1.165) is 0 Å². The molecule has 0 heterocycles. The van der Waals surface area contributed by atoms with Crippen LogP contribution in [0.15, 0.2) is 0 Å². The van der Waals surface area contributed by atoms with Crippen LogP contribution in [-0.4, -0.2) is 4.45 Å². The summed E-state index contributed by atoms with van der Waals surface area (Å²) in [5.41, 5.74) is 0. The second kappa shape index (κ2) is 10.6. The standard InChI is InChI=1S/CH2OS2.K.Li.2H/c2-1(3)4;;;;/h(H2,2,3,4);;;;/q;2*+1;2*-1. The molecule has 0 aromatic carbocycles. The van der Waals surface area contributed by atoms with E-state index in [1.54, 1.807) is 0 Å². The van der Waals surface area contributed by atoms with Crippen molar-refractivity contribution in [2.45, 2.75) is 0 Å². The van der Waals surface area contributed by atoms with Gasteiger partial charge in [0.15, 0.2) is 0 Å². The van der Waals surface area contributed by atoms with Crippen LogP contribution in [0, 0.1) is 0 Å². The Morgan fingerprint density at radius 2 is 1.50 bits per heavy atom. The first-order valence-electron chi connectivity index (χ1n) is 0.651. The zero-order valence-corrected chi connectivity index (χ0v) is 8.71. The molecule has 0 bridgehead atoms. The molecule has 5 heteroatoms. The van der Waals surface area contributed by atoms with E-state index < -0.39 is 4.45 Å². The predicted octanol–water partition coefficient (Wildman–Crippen LogP) is -4.80. The Hall–Kier alpha value is 2.60. The fourth-order valence-electron chi connectivity index (χ4n) is 0. The van der Waals surface area contributed by atoms with Gasteiger partial charge in [0.05, 0.1) is 0 Å². The maximum Gasteiger partial charge on any atom is 1.00 e. The van der Waals surface area contributed by atoms with E-state index in [1.807, 2.05) is 0 Å². The van der Waals surface area contributed by atoms with E-state index in [-0.39, 0.29) is 73.1 Å². The van der Waals surface area contributed by atoms with Crippen LogP contribution in [0.2, 0.25) is 0 Å². The van der Waals surface area contributed by atoms with Crippen molar-refractivity contribution in [2.24, 2.45) is 0 Å². The van der Waals surface area contributed by atoms with Gasteiger partial charge >= 0.3 is 70.2 Å². The first-order valence-corrected chi connectivity index (χ1v) is 1.55. The van der Waals surface area contributed by atoms with Crippen LogP contribution in [0.5, 0.6) is 0 Å². The molecular weight excluding hydrogens is 138 g/mol. The van der Waals surface area contributed by atoms with Gasteiger partial charge in [-0.05, 0) is 0 Å². The summed E-state index contributed by atoms with van der Waals surface area (Å²) in [5.74, 6) is 0. The molecule has 0 aliphatic rings. The largest absolute Gasteiger partial charge is 1.00 e. The summed E-state index contributed by atoms with van der Waals surface area (Å²) in [6, 6.07) is 0. The number of hydrogen-bond donors (Lipinski definition) is 2. The number of carbonyl (C=O) groups is 1. The SMILES string of the molecule is O=C(S)S.[H-].[H-].[K+].[Li+]. The summed E-state index contributed by atoms with van der Waals surface area (Å²) in [5, 5.41) is 0. The molecule has 0 rings (SSSR count). The van der Waals surface area contributed by atoms with Crippen LogP contribution in [0.3, 0.4) is 0 Å². The van der Waals surface area contributed by atoms with Crippen molar-refractivity contribution >= 4 is 29.7 Å². The molecule has 6 heavy (non-hydrogen) atoms. The number of rotatable bonds is 0. The average Bonchev–Trinajstić information content (AvgIpc) is 0.811. The first-order chi connectivity index (χ1) is 1.73. The van der Waals surface area contributed by atoms with Crippen molar-refractivity contribution in [2.75, 3.05) is 0 Å². The van der Waals surface area contributed by atoms with Crippen molar-refractivity contribution in [3.8, 4) is 0 Å². The first kappa shape index (κ1) is 15.8. The summed E-state index contributed by atoms with van der Waals surface area (Å²) in [6.45, 7) is 0. The minimum atomic E-state index is -0.444. The normalized spacial score (nSPS) is 4.33. The molecule has 0 N–H and O–H groups in total. The van der Waals surface area contributed by atoms with Gasteiger partial charge in [-0.25, -0.2) is 0 Å². The smallest absolute Gasteiger partial charge is 1.00 e. The van der Waals surface area contributed by atoms with Gasteiger partial charge in [-0.15, -0.1) is 0 Å². The molecule has 28 valence electrons. The van der Waals surface area contributed by atoms with Gasteiger partial charge < -0.3 is 2.85 Å². The van der Waals surface area contributed by atoms with E-state index in [0.29, 0.717) is 0 Å². The van der Waals surface area contributed by atoms with E-state index in [1.165, 1.54) is 0 Å². The van der Waals surface area contributed by atoms with Crippen molar-refractivity contribution in [1.82, 2.24) is 0 Å². The molecule has 1 nitrogen and oxygen atoms in total. The molecule has 0 spiro atoms. The fourth-order valence-corrected chi connectivity index (χ4v) is 0. The Balaban J connectivity index is -0.00000000750. The molecule has 0 amide bonds. The number of hydrogen-bond acceptors (Lipinski definition) is 1. The quantitative estimate of drug-likeness (QED) is 0.256. The molecule has 0 saturated carbocycles. The van der Waals surface area contributed by atoms with Gasteiger partial charge in [-0.1, -0.05) is 25.3 Å². The van der Waals surface area contributed by atoms with E-state index in [4.69, 9.17) is 0 Å². The van der Waals surface area contributed by atoms with Gasteiger partial charge in [0.1, 0.15) is 0 Å². The third-order valence-corrected chi connectivity index (χ3v) is 0. The third-order valence-electron chi connectivity index (χ3n) is 0. The molecule has 0 fully saturated rings. The Morgan fingerprint density at radius 3 is 1.50 bits per heavy atom. The zero-order valence-electron chi connectivity index (χ0n) is 5.80. The Morgan fingerprint density at radius 1 is 1.50 bits per heavy atom. The summed E-state index contributed by atoms with van der Waals surface area (Å²) in [7, 11) is 0. The second-order valence-corrected chi connectivity index (χ2v) is 1.45. The maximum absolute atomic E-state index is 9.17. The fraction of sp³-hybridized carbons (Fsp3) is 0. The molecule has 0 radical (unpaired) electrons. The molecular formula is CH4KLiOS2. The van der Waals surface area contributed by atoms with Crippen LogP contribution in [0.4, 0.5) is 4.79 Å². The van der Waals surface area contributed by atoms with Crippen LogP contribution in [0.1, 0.15) is 2.85 Å². The van der Waals surface area contributed by atoms with Crippen molar-refractivity contribution in [1.29, 1.82) is 0 Å². The van der Waals surface area contributed by atoms with E-state index in [9.17, 15) is 4.79 Å². The van der Waals surface area contributed by atoms with Gasteiger partial charge in [-0.2, -0.15) is 0 Å². The average molecular weight is 142 g/mol. The van der Waals surface area contributed by atoms with Gasteiger partial charge in [0, 0.05) is 0 Å². The summed E-state index contributed by atoms with van der Waals surface area (Å²) in [4.78, 5) is 9.17. The Kier molecular flexibility index (Phi) is 27.9. The number of thiol groups is 2. The molecule has 0 aliphatic heterocycles. The molecule has 0 aromatic rings.